The fourth-order valence-electron chi connectivity index (χ4n) is 5.71. The molecule has 1 aromatic carbocycles. The Kier molecular flexibility index (Phi) is 5.67. The minimum absolute atomic E-state index is 0.165. The normalized spacial score (nSPS) is 18.1. The van der Waals surface area contributed by atoms with Crippen LogP contribution >= 0.6 is 0 Å². The van der Waals surface area contributed by atoms with Crippen LogP contribution in [0.4, 0.5) is 4.39 Å². The van der Waals surface area contributed by atoms with Gasteiger partial charge < -0.3 is 14.2 Å². The largest absolute Gasteiger partial charge is 0.490 e. The molecule has 9 heteroatoms. The predicted molar refractivity (Wildman–Crippen MR) is 137 cm³/mol. The van der Waals surface area contributed by atoms with Crippen LogP contribution in [0.5, 0.6) is 5.75 Å². The predicted octanol–water partition coefficient (Wildman–Crippen LogP) is 3.69. The van der Waals surface area contributed by atoms with E-state index in [4.69, 9.17) is 4.74 Å². The average molecular weight is 492 g/mol. The zero-order valence-corrected chi connectivity index (χ0v) is 20.7. The summed E-state index contributed by atoms with van der Waals surface area (Å²) < 4.78 is 26.6. The molecule has 4 aromatic rings. The number of imidazole rings is 1. The molecule has 0 radical (unpaired) electrons. The number of aromatic nitrogens is 4. The van der Waals surface area contributed by atoms with Crippen molar-refractivity contribution in [1.82, 2.24) is 23.6 Å². The standard InChI is InChI=1S/C27H30FN5O3/c1-17-16-36-26-23(18-7-12-32(22(34)13-18)11-6-10-31-8-4-3-5-9-31)19(28)14-20-24(26)25-21(15-29-20)30(2)27(35)33(17)25/h7,12-15,17H,3-6,8-11,16H2,1-2H3/t17-/m0/s1. The molecule has 3 aromatic heterocycles. The molecule has 6 rings (SSSR count). The summed E-state index contributed by atoms with van der Waals surface area (Å²) in [5.74, 6) is -0.181. The lowest BCUT2D eigenvalue weighted by atomic mass is 10.0. The first-order valence-corrected chi connectivity index (χ1v) is 12.7. The van der Waals surface area contributed by atoms with E-state index >= 15 is 4.39 Å². The molecule has 8 nitrogen and oxygen atoms in total. The Morgan fingerprint density at radius 2 is 1.94 bits per heavy atom. The average Bonchev–Trinajstić information content (AvgIpc) is 3.03. The van der Waals surface area contributed by atoms with Gasteiger partial charge in [-0.2, -0.15) is 0 Å². The molecule has 0 bridgehead atoms. The quantitative estimate of drug-likeness (QED) is 0.426. The summed E-state index contributed by atoms with van der Waals surface area (Å²) in [5.41, 5.74) is 2.10. The van der Waals surface area contributed by atoms with Gasteiger partial charge in [-0.15, -0.1) is 0 Å². The molecule has 0 saturated carbocycles. The number of likely N-dealkylation sites (tertiary alicyclic amines) is 1. The molecule has 188 valence electrons. The Balaban J connectivity index is 1.41. The number of halogens is 1. The van der Waals surface area contributed by atoms with Gasteiger partial charge in [-0.3, -0.25) is 18.9 Å². The highest BCUT2D eigenvalue weighted by atomic mass is 19.1. The minimum atomic E-state index is -0.508. The molecule has 2 aliphatic rings. The van der Waals surface area contributed by atoms with E-state index in [1.165, 1.54) is 31.4 Å². The Morgan fingerprint density at radius 1 is 1.14 bits per heavy atom. The van der Waals surface area contributed by atoms with Crippen LogP contribution in [0.3, 0.4) is 0 Å². The van der Waals surface area contributed by atoms with Crippen molar-refractivity contribution in [2.24, 2.45) is 7.05 Å². The van der Waals surface area contributed by atoms with Crippen molar-refractivity contribution < 1.29 is 9.13 Å². The molecule has 1 saturated heterocycles. The van der Waals surface area contributed by atoms with Crippen LogP contribution in [0, 0.1) is 5.82 Å². The third-order valence-electron chi connectivity index (χ3n) is 7.63. The Labute approximate surface area is 207 Å². The van der Waals surface area contributed by atoms with Crippen LogP contribution in [0.25, 0.3) is 33.1 Å². The first-order chi connectivity index (χ1) is 17.4. The zero-order chi connectivity index (χ0) is 25.0. The smallest absolute Gasteiger partial charge is 0.329 e. The summed E-state index contributed by atoms with van der Waals surface area (Å²) in [5, 5.41) is 0.594. The fraction of sp³-hybridized carbons (Fsp3) is 0.444. The van der Waals surface area contributed by atoms with E-state index in [2.05, 4.69) is 9.88 Å². The number of ether oxygens (including phenoxy) is 1. The maximum absolute atomic E-state index is 15.5. The van der Waals surface area contributed by atoms with E-state index < -0.39 is 5.82 Å². The lowest BCUT2D eigenvalue weighted by molar-refractivity contribution is 0.222. The molecule has 0 amide bonds. The summed E-state index contributed by atoms with van der Waals surface area (Å²) in [4.78, 5) is 32.8. The summed E-state index contributed by atoms with van der Waals surface area (Å²) in [6.45, 7) is 5.97. The summed E-state index contributed by atoms with van der Waals surface area (Å²) in [6.07, 6.45) is 8.02. The molecule has 1 atom stereocenters. The van der Waals surface area contributed by atoms with E-state index in [9.17, 15) is 9.59 Å². The monoisotopic (exact) mass is 491 g/mol. The molecule has 0 N–H and O–H groups in total. The van der Waals surface area contributed by atoms with E-state index in [-0.39, 0.29) is 29.5 Å². The van der Waals surface area contributed by atoms with Gasteiger partial charge in [0, 0.05) is 31.9 Å². The van der Waals surface area contributed by atoms with Gasteiger partial charge in [0.05, 0.1) is 39.7 Å². The van der Waals surface area contributed by atoms with Crippen LogP contribution in [-0.4, -0.2) is 49.8 Å². The van der Waals surface area contributed by atoms with E-state index in [1.807, 2.05) is 6.92 Å². The topological polar surface area (TPSA) is 74.3 Å². The van der Waals surface area contributed by atoms with Crippen molar-refractivity contribution in [2.45, 2.75) is 45.2 Å². The van der Waals surface area contributed by atoms with Crippen LogP contribution in [0.1, 0.15) is 38.6 Å². The van der Waals surface area contributed by atoms with Crippen molar-refractivity contribution in [1.29, 1.82) is 0 Å². The van der Waals surface area contributed by atoms with Gasteiger partial charge in [-0.25, -0.2) is 9.18 Å². The SMILES string of the molecule is C[C@H]1COc2c(-c3ccn(CCCN4CCCCC4)c(=O)c3)c(F)cc3ncc4c(c23)n1c(=O)n4C. The Morgan fingerprint density at radius 3 is 2.72 bits per heavy atom. The number of benzene rings is 1. The second-order valence-electron chi connectivity index (χ2n) is 10.0. The number of nitrogens with zero attached hydrogens (tertiary/aromatic N) is 5. The van der Waals surface area contributed by atoms with Gasteiger partial charge >= 0.3 is 5.69 Å². The van der Waals surface area contributed by atoms with E-state index in [1.54, 1.807) is 39.2 Å². The summed E-state index contributed by atoms with van der Waals surface area (Å²) in [7, 11) is 1.71. The van der Waals surface area contributed by atoms with Crippen molar-refractivity contribution in [3.8, 4) is 16.9 Å². The number of aryl methyl sites for hydroxylation is 2. The first kappa shape index (κ1) is 23.0. The number of hydrogen-bond acceptors (Lipinski definition) is 5. The molecule has 0 spiro atoms. The molecular weight excluding hydrogens is 461 g/mol. The maximum atomic E-state index is 15.5. The van der Waals surface area contributed by atoms with Crippen molar-refractivity contribution in [3.63, 3.8) is 0 Å². The number of piperidine rings is 1. The minimum Gasteiger partial charge on any atom is -0.490 e. The van der Waals surface area contributed by atoms with Gasteiger partial charge in [-0.1, -0.05) is 6.42 Å². The highest BCUT2D eigenvalue weighted by Gasteiger charge is 2.28. The molecule has 1 fully saturated rings. The molecule has 0 unspecified atom stereocenters. The zero-order valence-electron chi connectivity index (χ0n) is 20.7. The maximum Gasteiger partial charge on any atom is 0.329 e. The second-order valence-corrected chi connectivity index (χ2v) is 10.0. The summed E-state index contributed by atoms with van der Waals surface area (Å²) >= 11 is 0. The van der Waals surface area contributed by atoms with Crippen LogP contribution in [0.15, 0.2) is 40.2 Å². The van der Waals surface area contributed by atoms with Crippen LogP contribution in [-0.2, 0) is 13.6 Å². The number of rotatable bonds is 5. The van der Waals surface area contributed by atoms with Gasteiger partial charge in [0.15, 0.2) is 0 Å². The highest BCUT2D eigenvalue weighted by Crippen LogP contribution is 2.43. The number of pyridine rings is 2. The highest BCUT2D eigenvalue weighted by molar-refractivity contribution is 6.09. The third kappa shape index (κ3) is 3.64. The second kappa shape index (κ2) is 8.89. The van der Waals surface area contributed by atoms with E-state index in [0.717, 1.165) is 26.1 Å². The number of hydrogen-bond donors (Lipinski definition) is 0. The van der Waals surface area contributed by atoms with Gasteiger partial charge in [0.25, 0.3) is 5.56 Å². The first-order valence-electron chi connectivity index (χ1n) is 12.7. The Bertz CT molecular complexity index is 1600. The van der Waals surface area contributed by atoms with Crippen LogP contribution in [0.2, 0.25) is 0 Å². The molecule has 2 aliphatic heterocycles. The molecule has 5 heterocycles. The van der Waals surface area contributed by atoms with Gasteiger partial charge in [-0.05, 0) is 57.5 Å². The molecule has 0 aliphatic carbocycles. The summed E-state index contributed by atoms with van der Waals surface area (Å²) in [6, 6.07) is 4.36. The van der Waals surface area contributed by atoms with Crippen molar-refractivity contribution >= 4 is 21.9 Å². The Hall–Kier alpha value is -3.46. The van der Waals surface area contributed by atoms with E-state index in [0.29, 0.717) is 39.8 Å². The van der Waals surface area contributed by atoms with Crippen molar-refractivity contribution in [2.75, 3.05) is 26.2 Å². The van der Waals surface area contributed by atoms with Crippen LogP contribution < -0.4 is 16.0 Å². The molecule has 36 heavy (non-hydrogen) atoms. The molecular formula is C27H30FN5O3. The van der Waals surface area contributed by atoms with Gasteiger partial charge in [0.1, 0.15) is 18.2 Å². The van der Waals surface area contributed by atoms with Crippen molar-refractivity contribution in [3.05, 3.63) is 57.2 Å². The lowest BCUT2D eigenvalue weighted by Gasteiger charge is -2.26. The third-order valence-corrected chi connectivity index (χ3v) is 7.63. The van der Waals surface area contributed by atoms with Gasteiger partial charge in [0.2, 0.25) is 0 Å². The lowest BCUT2D eigenvalue weighted by Crippen LogP contribution is -2.31. The fourth-order valence-corrected chi connectivity index (χ4v) is 5.71.